The molecule has 10 nitrogen and oxygen atoms in total. The predicted molar refractivity (Wildman–Crippen MR) is 82.3 cm³/mol. The van der Waals surface area contributed by atoms with Gasteiger partial charge in [0.05, 0.1) is 11.1 Å². The van der Waals surface area contributed by atoms with Crippen LogP contribution in [0.3, 0.4) is 0 Å². The van der Waals surface area contributed by atoms with Crippen molar-refractivity contribution >= 4 is 23.8 Å². The second-order valence-corrected chi connectivity index (χ2v) is 4.66. The molecule has 3 amide bonds. The van der Waals surface area contributed by atoms with E-state index in [9.17, 15) is 19.7 Å². The van der Waals surface area contributed by atoms with E-state index in [-0.39, 0.29) is 17.7 Å². The molecule has 24 heavy (non-hydrogen) atoms. The molecule has 1 aromatic carbocycles. The van der Waals surface area contributed by atoms with E-state index in [1.807, 2.05) is 0 Å². The molecular weight excluding hydrogens is 320 g/mol. The fourth-order valence-electron chi connectivity index (χ4n) is 1.98. The van der Waals surface area contributed by atoms with Crippen molar-refractivity contribution in [2.45, 2.75) is 0 Å². The molecule has 3 rings (SSSR count). The molecule has 0 saturated carbocycles. The van der Waals surface area contributed by atoms with Crippen molar-refractivity contribution in [3.63, 3.8) is 0 Å². The highest BCUT2D eigenvalue weighted by molar-refractivity contribution is 6.02. The van der Waals surface area contributed by atoms with Crippen molar-refractivity contribution in [1.82, 2.24) is 10.3 Å². The van der Waals surface area contributed by atoms with Crippen LogP contribution in [-0.2, 0) is 4.79 Å². The molecular formula is C14H12N4O6. The van der Waals surface area contributed by atoms with Gasteiger partial charge in [0.15, 0.2) is 0 Å². The van der Waals surface area contributed by atoms with E-state index in [0.29, 0.717) is 17.1 Å². The molecule has 1 fully saturated rings. The van der Waals surface area contributed by atoms with Gasteiger partial charge in [0.1, 0.15) is 18.1 Å². The quantitative estimate of drug-likeness (QED) is 0.382. The lowest BCUT2D eigenvalue weighted by atomic mass is 10.1. The molecule has 1 aliphatic heterocycles. The molecule has 0 bridgehead atoms. The number of carbonyl (C=O) groups excluding carboxylic acids is 2. The lowest BCUT2D eigenvalue weighted by Crippen LogP contribution is -2.24. The molecule has 2 aromatic rings. The van der Waals surface area contributed by atoms with Crippen LogP contribution in [0.2, 0.25) is 0 Å². The van der Waals surface area contributed by atoms with Gasteiger partial charge in [-0.1, -0.05) is 0 Å². The van der Waals surface area contributed by atoms with Gasteiger partial charge in [-0.3, -0.25) is 20.2 Å². The molecule has 1 aromatic heterocycles. The van der Waals surface area contributed by atoms with Crippen LogP contribution in [0.1, 0.15) is 5.76 Å². The minimum Gasteiger partial charge on any atom is -0.455 e. The first-order chi connectivity index (χ1) is 11.0. The Morgan fingerprint density at radius 3 is 2.50 bits per heavy atom. The number of carbonyl (C=O) groups is 2. The summed E-state index contributed by atoms with van der Waals surface area (Å²) in [6.07, 6.45) is 1.31. The number of benzene rings is 1. The summed E-state index contributed by atoms with van der Waals surface area (Å²) >= 11 is 0. The topological polar surface area (TPSA) is 150 Å². The van der Waals surface area contributed by atoms with Gasteiger partial charge in [-0.05, 0) is 24.3 Å². The molecule has 0 atom stereocenters. The lowest BCUT2D eigenvalue weighted by molar-refractivity contribution is -0.384. The van der Waals surface area contributed by atoms with Crippen molar-refractivity contribution in [2.24, 2.45) is 5.10 Å². The standard InChI is InChI=1S/C14H10N4O5.H2O/c19-13-8-17(14(20)16-13)15-7-11-5-6-12(23-11)9-1-3-10(4-2-9)18(21)22;/h1-7H,8H2,(H,16,19,20);1H2/b15-7+;. The number of rotatable bonds is 4. The lowest BCUT2D eigenvalue weighted by Gasteiger charge is -2.02. The molecule has 10 heteroatoms. The molecule has 3 N–H and O–H groups in total. The highest BCUT2D eigenvalue weighted by atomic mass is 16.6. The summed E-state index contributed by atoms with van der Waals surface area (Å²) in [5.41, 5.74) is 0.663. The summed E-state index contributed by atoms with van der Waals surface area (Å²) in [6, 6.07) is 8.63. The third kappa shape index (κ3) is 3.44. The summed E-state index contributed by atoms with van der Waals surface area (Å²) in [4.78, 5) is 32.5. The van der Waals surface area contributed by atoms with Crippen LogP contribution in [0.5, 0.6) is 0 Å². The number of hydrazone groups is 1. The number of hydrogen-bond donors (Lipinski definition) is 1. The van der Waals surface area contributed by atoms with Crippen LogP contribution in [0.25, 0.3) is 11.3 Å². The fraction of sp³-hybridized carbons (Fsp3) is 0.0714. The predicted octanol–water partition coefficient (Wildman–Crippen LogP) is 0.916. The Kier molecular flexibility index (Phi) is 4.70. The van der Waals surface area contributed by atoms with E-state index in [1.165, 1.54) is 18.3 Å². The Hall–Kier alpha value is -3.53. The van der Waals surface area contributed by atoms with E-state index in [4.69, 9.17) is 4.42 Å². The van der Waals surface area contributed by atoms with Crippen molar-refractivity contribution in [3.8, 4) is 11.3 Å². The highest BCUT2D eigenvalue weighted by Crippen LogP contribution is 2.24. The number of nitro benzene ring substituents is 1. The fourth-order valence-corrected chi connectivity index (χ4v) is 1.98. The summed E-state index contributed by atoms with van der Waals surface area (Å²) in [6.45, 7) is -0.134. The second kappa shape index (κ2) is 6.71. The SMILES string of the molecule is O.O=C1CN(/N=C/c2ccc(-c3ccc([N+](=O)[O-])cc3)o2)C(=O)N1. The van der Waals surface area contributed by atoms with Crippen LogP contribution in [-0.4, -0.2) is 40.1 Å². The number of urea groups is 1. The van der Waals surface area contributed by atoms with Crippen molar-refractivity contribution < 1.29 is 24.4 Å². The Balaban J connectivity index is 0.00000208. The second-order valence-electron chi connectivity index (χ2n) is 4.66. The van der Waals surface area contributed by atoms with Gasteiger partial charge in [0, 0.05) is 17.7 Å². The third-order valence-electron chi connectivity index (χ3n) is 3.09. The molecule has 0 radical (unpaired) electrons. The molecule has 1 saturated heterocycles. The molecule has 2 heterocycles. The van der Waals surface area contributed by atoms with Crippen molar-refractivity contribution in [2.75, 3.05) is 6.54 Å². The van der Waals surface area contributed by atoms with Crippen molar-refractivity contribution in [3.05, 3.63) is 52.3 Å². The third-order valence-corrected chi connectivity index (χ3v) is 3.09. The number of non-ortho nitro benzene ring substituents is 1. The number of imide groups is 1. The average Bonchev–Trinajstić information content (AvgIpc) is 3.11. The first-order valence-corrected chi connectivity index (χ1v) is 6.53. The number of nitrogens with one attached hydrogen (secondary N) is 1. The first-order valence-electron chi connectivity index (χ1n) is 6.53. The van der Waals surface area contributed by atoms with Crippen molar-refractivity contribution in [1.29, 1.82) is 0 Å². The van der Waals surface area contributed by atoms with Gasteiger partial charge in [0.2, 0.25) is 5.91 Å². The molecule has 1 aliphatic rings. The number of hydrogen-bond acceptors (Lipinski definition) is 6. The van der Waals surface area contributed by atoms with Gasteiger partial charge in [-0.2, -0.15) is 5.10 Å². The van der Waals surface area contributed by atoms with Gasteiger partial charge in [-0.25, -0.2) is 9.80 Å². The van der Waals surface area contributed by atoms with E-state index in [2.05, 4.69) is 10.4 Å². The zero-order chi connectivity index (χ0) is 16.4. The molecule has 124 valence electrons. The largest absolute Gasteiger partial charge is 0.455 e. The summed E-state index contributed by atoms with van der Waals surface area (Å²) in [5.74, 6) is 0.465. The monoisotopic (exact) mass is 332 g/mol. The maximum atomic E-state index is 11.3. The van der Waals surface area contributed by atoms with Crippen LogP contribution in [0, 0.1) is 10.1 Å². The van der Waals surface area contributed by atoms with Crippen LogP contribution in [0.4, 0.5) is 10.5 Å². The maximum absolute atomic E-state index is 11.3. The van der Waals surface area contributed by atoms with E-state index >= 15 is 0 Å². The Labute approximate surface area is 134 Å². The Bertz CT molecular complexity index is 811. The molecule has 0 aliphatic carbocycles. The maximum Gasteiger partial charge on any atom is 0.344 e. The van der Waals surface area contributed by atoms with Gasteiger partial charge in [-0.15, -0.1) is 0 Å². The average molecular weight is 332 g/mol. The number of nitrogens with zero attached hydrogens (tertiary/aromatic N) is 3. The summed E-state index contributed by atoms with van der Waals surface area (Å²) < 4.78 is 5.53. The minimum absolute atomic E-state index is 0. The van der Waals surface area contributed by atoms with E-state index in [0.717, 1.165) is 5.01 Å². The molecule has 0 unspecified atom stereocenters. The summed E-state index contributed by atoms with van der Waals surface area (Å²) in [5, 5.41) is 17.6. The first kappa shape index (κ1) is 16.8. The van der Waals surface area contributed by atoms with Gasteiger partial charge >= 0.3 is 6.03 Å². The van der Waals surface area contributed by atoms with Gasteiger partial charge < -0.3 is 9.89 Å². The van der Waals surface area contributed by atoms with Gasteiger partial charge in [0.25, 0.3) is 5.69 Å². The number of furan rings is 1. The Morgan fingerprint density at radius 2 is 1.92 bits per heavy atom. The number of nitro groups is 1. The van der Waals surface area contributed by atoms with Crippen LogP contribution >= 0.6 is 0 Å². The van der Waals surface area contributed by atoms with Crippen LogP contribution < -0.4 is 5.32 Å². The normalized spacial score (nSPS) is 13.9. The number of amides is 3. The Morgan fingerprint density at radius 1 is 1.21 bits per heavy atom. The van der Waals surface area contributed by atoms with E-state index in [1.54, 1.807) is 24.3 Å². The van der Waals surface area contributed by atoms with E-state index < -0.39 is 16.9 Å². The highest BCUT2D eigenvalue weighted by Gasteiger charge is 2.26. The molecule has 0 spiro atoms. The minimum atomic E-state index is -0.589. The van der Waals surface area contributed by atoms with Crippen LogP contribution in [0.15, 0.2) is 45.9 Å². The zero-order valence-corrected chi connectivity index (χ0v) is 12.1. The smallest absolute Gasteiger partial charge is 0.344 e. The zero-order valence-electron chi connectivity index (χ0n) is 12.1. The summed E-state index contributed by atoms with van der Waals surface area (Å²) in [7, 11) is 0.